The summed E-state index contributed by atoms with van der Waals surface area (Å²) < 4.78 is 5.35. The van der Waals surface area contributed by atoms with E-state index in [0.717, 1.165) is 32.0 Å². The summed E-state index contributed by atoms with van der Waals surface area (Å²) >= 11 is 0. The highest BCUT2D eigenvalue weighted by molar-refractivity contribution is 5.97. The molecule has 1 atom stereocenters. The Bertz CT molecular complexity index is 572. The topological polar surface area (TPSA) is 70.7 Å². The average Bonchev–Trinajstić information content (AvgIpc) is 2.55. The Balaban J connectivity index is 1.90. The van der Waals surface area contributed by atoms with E-state index in [2.05, 4.69) is 15.5 Å². The van der Waals surface area contributed by atoms with Crippen molar-refractivity contribution in [3.8, 4) is 0 Å². The number of rotatable bonds is 4. The second-order valence-electron chi connectivity index (χ2n) is 7.08. The van der Waals surface area contributed by atoms with Crippen molar-refractivity contribution in [1.29, 1.82) is 0 Å². The number of hydrogen-bond donors (Lipinski definition) is 2. The molecular weight excluding hydrogens is 306 g/mol. The van der Waals surface area contributed by atoms with Crippen molar-refractivity contribution in [2.45, 2.75) is 33.7 Å². The molecule has 132 valence electrons. The number of carbonyl (C=O) groups excluding carboxylic acids is 2. The maximum absolute atomic E-state index is 12.2. The minimum atomic E-state index is -0.587. The number of morpholine rings is 1. The van der Waals surface area contributed by atoms with Crippen LogP contribution in [0, 0.1) is 5.41 Å². The standard InChI is InChI=1S/C18H27N3O3/c1-13(19-17(23)18(2,3)4)16(22)20-14-5-7-15(8-6-14)21-9-11-24-12-10-21/h5-8,13H,9-12H2,1-4H3,(H,19,23)(H,20,22). The van der Waals surface area contributed by atoms with Crippen molar-refractivity contribution >= 4 is 23.2 Å². The largest absolute Gasteiger partial charge is 0.378 e. The molecule has 2 N–H and O–H groups in total. The normalized spacial score (nSPS) is 16.4. The summed E-state index contributed by atoms with van der Waals surface area (Å²) in [7, 11) is 0. The van der Waals surface area contributed by atoms with Crippen LogP contribution in [0.4, 0.5) is 11.4 Å². The van der Waals surface area contributed by atoms with Gasteiger partial charge in [0.2, 0.25) is 11.8 Å². The Hall–Kier alpha value is -2.08. The molecule has 0 spiro atoms. The molecule has 2 rings (SSSR count). The second-order valence-corrected chi connectivity index (χ2v) is 7.08. The van der Waals surface area contributed by atoms with Crippen molar-refractivity contribution in [2.75, 3.05) is 36.5 Å². The van der Waals surface area contributed by atoms with Crippen molar-refractivity contribution in [3.63, 3.8) is 0 Å². The zero-order chi connectivity index (χ0) is 17.7. The molecule has 0 bridgehead atoms. The minimum absolute atomic E-state index is 0.146. The van der Waals surface area contributed by atoms with E-state index >= 15 is 0 Å². The molecule has 1 aliphatic heterocycles. The lowest BCUT2D eigenvalue weighted by Gasteiger charge is -2.29. The minimum Gasteiger partial charge on any atom is -0.378 e. The Labute approximate surface area is 143 Å². The van der Waals surface area contributed by atoms with Crippen molar-refractivity contribution in [1.82, 2.24) is 5.32 Å². The first kappa shape index (κ1) is 18.3. The van der Waals surface area contributed by atoms with Crippen molar-refractivity contribution in [2.24, 2.45) is 5.41 Å². The molecule has 1 fully saturated rings. The molecule has 24 heavy (non-hydrogen) atoms. The third-order valence-electron chi connectivity index (χ3n) is 3.93. The lowest BCUT2D eigenvalue weighted by Crippen LogP contribution is -2.46. The van der Waals surface area contributed by atoms with E-state index in [4.69, 9.17) is 4.74 Å². The first-order chi connectivity index (χ1) is 11.3. The lowest BCUT2D eigenvalue weighted by molar-refractivity contribution is -0.131. The number of nitrogens with one attached hydrogen (secondary N) is 2. The summed E-state index contributed by atoms with van der Waals surface area (Å²) in [6, 6.07) is 7.14. The third-order valence-corrected chi connectivity index (χ3v) is 3.93. The zero-order valence-electron chi connectivity index (χ0n) is 14.9. The molecule has 0 saturated carbocycles. The van der Waals surface area contributed by atoms with Crippen molar-refractivity contribution in [3.05, 3.63) is 24.3 Å². The van der Waals surface area contributed by atoms with Crippen LogP contribution in [0.1, 0.15) is 27.7 Å². The summed E-state index contributed by atoms with van der Waals surface area (Å²) in [5.41, 5.74) is 1.31. The van der Waals surface area contributed by atoms with Gasteiger partial charge in [0, 0.05) is 29.9 Å². The smallest absolute Gasteiger partial charge is 0.246 e. The summed E-state index contributed by atoms with van der Waals surface area (Å²) in [6.07, 6.45) is 0. The van der Waals surface area contributed by atoms with Gasteiger partial charge >= 0.3 is 0 Å². The summed E-state index contributed by atoms with van der Waals surface area (Å²) in [5.74, 6) is -0.375. The fraction of sp³-hybridized carbons (Fsp3) is 0.556. The summed E-state index contributed by atoms with van der Waals surface area (Å²) in [5, 5.41) is 5.56. The molecule has 6 heteroatoms. The third kappa shape index (κ3) is 4.96. The van der Waals surface area contributed by atoms with Gasteiger partial charge in [-0.1, -0.05) is 20.8 Å². The first-order valence-corrected chi connectivity index (χ1v) is 8.32. The van der Waals surface area contributed by atoms with Crippen LogP contribution in [0.25, 0.3) is 0 Å². The van der Waals surface area contributed by atoms with Gasteiger partial charge < -0.3 is 20.3 Å². The fourth-order valence-corrected chi connectivity index (χ4v) is 2.31. The number of hydrogen-bond acceptors (Lipinski definition) is 4. The number of carbonyl (C=O) groups is 2. The molecule has 1 aliphatic rings. The van der Waals surface area contributed by atoms with E-state index in [1.54, 1.807) is 6.92 Å². The molecular formula is C18H27N3O3. The number of amides is 2. The number of ether oxygens (including phenoxy) is 1. The molecule has 0 aliphatic carbocycles. The van der Waals surface area contributed by atoms with Gasteiger partial charge in [0.25, 0.3) is 0 Å². The quantitative estimate of drug-likeness (QED) is 0.884. The van der Waals surface area contributed by atoms with Crippen molar-refractivity contribution < 1.29 is 14.3 Å². The average molecular weight is 333 g/mol. The fourth-order valence-electron chi connectivity index (χ4n) is 2.31. The molecule has 2 amide bonds. The lowest BCUT2D eigenvalue weighted by atomic mass is 9.95. The van der Waals surface area contributed by atoms with Gasteiger partial charge in [-0.25, -0.2) is 0 Å². The van der Waals surface area contributed by atoms with E-state index < -0.39 is 11.5 Å². The van der Waals surface area contributed by atoms with Crippen LogP contribution in [-0.4, -0.2) is 44.2 Å². The Morgan fingerprint density at radius 2 is 1.71 bits per heavy atom. The maximum atomic E-state index is 12.2. The van der Waals surface area contributed by atoms with Gasteiger partial charge in [0.05, 0.1) is 13.2 Å². The summed E-state index contributed by atoms with van der Waals surface area (Å²) in [4.78, 5) is 26.4. The second kappa shape index (κ2) is 7.66. The van der Waals surface area contributed by atoms with Crippen LogP contribution in [0.2, 0.25) is 0 Å². The van der Waals surface area contributed by atoms with E-state index in [0.29, 0.717) is 5.69 Å². The van der Waals surface area contributed by atoms with Gasteiger partial charge in [-0.05, 0) is 31.2 Å². The molecule has 1 saturated heterocycles. The first-order valence-electron chi connectivity index (χ1n) is 8.32. The van der Waals surface area contributed by atoms with Crippen LogP contribution in [-0.2, 0) is 14.3 Å². The van der Waals surface area contributed by atoms with Gasteiger partial charge in [0.15, 0.2) is 0 Å². The van der Waals surface area contributed by atoms with Crippen LogP contribution in [0.5, 0.6) is 0 Å². The van der Waals surface area contributed by atoms with Crippen LogP contribution >= 0.6 is 0 Å². The zero-order valence-corrected chi connectivity index (χ0v) is 14.9. The molecule has 0 aromatic heterocycles. The van der Waals surface area contributed by atoms with E-state index in [1.807, 2.05) is 45.0 Å². The summed E-state index contributed by atoms with van der Waals surface area (Å²) in [6.45, 7) is 10.4. The molecule has 0 radical (unpaired) electrons. The Morgan fingerprint density at radius 1 is 1.12 bits per heavy atom. The monoisotopic (exact) mass is 333 g/mol. The molecule has 6 nitrogen and oxygen atoms in total. The van der Waals surface area contributed by atoms with Crippen LogP contribution in [0.15, 0.2) is 24.3 Å². The number of benzene rings is 1. The highest BCUT2D eigenvalue weighted by Crippen LogP contribution is 2.19. The number of nitrogens with zero attached hydrogens (tertiary/aromatic N) is 1. The van der Waals surface area contributed by atoms with E-state index in [1.165, 1.54) is 0 Å². The Kier molecular flexibility index (Phi) is 5.83. The molecule has 1 aromatic carbocycles. The predicted octanol–water partition coefficient (Wildman–Crippen LogP) is 2.01. The highest BCUT2D eigenvalue weighted by atomic mass is 16.5. The van der Waals surface area contributed by atoms with Gasteiger partial charge in [0.1, 0.15) is 6.04 Å². The highest BCUT2D eigenvalue weighted by Gasteiger charge is 2.25. The molecule has 1 unspecified atom stereocenters. The van der Waals surface area contributed by atoms with E-state index in [9.17, 15) is 9.59 Å². The van der Waals surface area contributed by atoms with Gasteiger partial charge in [-0.2, -0.15) is 0 Å². The van der Waals surface area contributed by atoms with Crippen LogP contribution in [0.3, 0.4) is 0 Å². The van der Waals surface area contributed by atoms with Crippen LogP contribution < -0.4 is 15.5 Å². The van der Waals surface area contributed by atoms with Gasteiger partial charge in [-0.3, -0.25) is 9.59 Å². The Morgan fingerprint density at radius 3 is 2.25 bits per heavy atom. The maximum Gasteiger partial charge on any atom is 0.246 e. The number of anilines is 2. The SMILES string of the molecule is CC(NC(=O)C(C)(C)C)C(=O)Nc1ccc(N2CCOCC2)cc1. The van der Waals surface area contributed by atoms with Gasteiger partial charge in [-0.15, -0.1) is 0 Å². The van der Waals surface area contributed by atoms with E-state index in [-0.39, 0.29) is 11.8 Å². The molecule has 1 aromatic rings. The predicted molar refractivity (Wildman–Crippen MR) is 95.2 cm³/mol. The molecule has 1 heterocycles.